The van der Waals surface area contributed by atoms with Gasteiger partial charge >= 0.3 is 0 Å². The lowest BCUT2D eigenvalue weighted by molar-refractivity contribution is -0.114. The minimum absolute atomic E-state index is 0.147. The van der Waals surface area contributed by atoms with Crippen LogP contribution in [0.4, 0.5) is 17.1 Å². The van der Waals surface area contributed by atoms with Gasteiger partial charge in [0.2, 0.25) is 5.91 Å². The molecule has 0 aliphatic carbocycles. The molecule has 0 radical (unpaired) electrons. The number of carbonyl (C=O) groups is 2. The van der Waals surface area contributed by atoms with E-state index in [-0.39, 0.29) is 11.8 Å². The SMILES string of the molecule is CC(=O)Nc1ccc(NC(=O)c2cc(NCc3ccccn3)ccn2)cc1. The summed E-state index contributed by atoms with van der Waals surface area (Å²) < 4.78 is 0. The van der Waals surface area contributed by atoms with Gasteiger partial charge in [0.25, 0.3) is 5.91 Å². The van der Waals surface area contributed by atoms with E-state index in [4.69, 9.17) is 0 Å². The number of nitrogens with zero attached hydrogens (tertiary/aromatic N) is 2. The zero-order chi connectivity index (χ0) is 19.1. The van der Waals surface area contributed by atoms with E-state index in [1.165, 1.54) is 6.92 Å². The largest absolute Gasteiger partial charge is 0.379 e. The molecule has 3 aromatic rings. The molecule has 27 heavy (non-hydrogen) atoms. The topological polar surface area (TPSA) is 96.0 Å². The van der Waals surface area contributed by atoms with Crippen LogP contribution < -0.4 is 16.0 Å². The van der Waals surface area contributed by atoms with E-state index in [2.05, 4.69) is 25.9 Å². The fourth-order valence-electron chi connectivity index (χ4n) is 2.40. The molecule has 0 saturated carbocycles. The maximum absolute atomic E-state index is 12.4. The molecule has 3 rings (SSSR count). The molecule has 136 valence electrons. The third kappa shape index (κ3) is 5.37. The first kappa shape index (κ1) is 18.1. The number of nitrogens with one attached hydrogen (secondary N) is 3. The Hall–Kier alpha value is -3.74. The van der Waals surface area contributed by atoms with Crippen molar-refractivity contribution < 1.29 is 9.59 Å². The molecule has 2 aromatic heterocycles. The molecule has 3 N–H and O–H groups in total. The van der Waals surface area contributed by atoms with Crippen molar-refractivity contribution in [3.63, 3.8) is 0 Å². The number of hydrogen-bond donors (Lipinski definition) is 3. The lowest BCUT2D eigenvalue weighted by atomic mass is 10.2. The zero-order valence-electron chi connectivity index (χ0n) is 14.8. The average molecular weight is 361 g/mol. The van der Waals surface area contributed by atoms with Gasteiger partial charge in [-0.2, -0.15) is 0 Å². The number of rotatable bonds is 6. The van der Waals surface area contributed by atoms with Crippen molar-refractivity contribution in [2.45, 2.75) is 13.5 Å². The molecule has 0 spiro atoms. The second kappa shape index (κ2) is 8.57. The van der Waals surface area contributed by atoms with Crippen LogP contribution in [0.2, 0.25) is 0 Å². The number of benzene rings is 1. The number of pyridine rings is 2. The highest BCUT2D eigenvalue weighted by atomic mass is 16.2. The third-order valence-corrected chi connectivity index (χ3v) is 3.66. The van der Waals surface area contributed by atoms with Crippen LogP contribution in [0.1, 0.15) is 23.1 Å². The highest BCUT2D eigenvalue weighted by Gasteiger charge is 2.09. The van der Waals surface area contributed by atoms with Gasteiger partial charge in [-0.15, -0.1) is 0 Å². The third-order valence-electron chi connectivity index (χ3n) is 3.66. The van der Waals surface area contributed by atoms with Crippen LogP contribution in [0.3, 0.4) is 0 Å². The summed E-state index contributed by atoms with van der Waals surface area (Å²) in [6, 6.07) is 16.1. The molecular formula is C20H19N5O2. The summed E-state index contributed by atoms with van der Waals surface area (Å²) >= 11 is 0. The Bertz CT molecular complexity index is 927. The molecule has 0 unspecified atom stereocenters. The zero-order valence-corrected chi connectivity index (χ0v) is 14.8. The Balaban J connectivity index is 1.62. The quantitative estimate of drug-likeness (QED) is 0.626. The molecule has 1 aromatic carbocycles. The maximum Gasteiger partial charge on any atom is 0.274 e. The summed E-state index contributed by atoms with van der Waals surface area (Å²) in [6.07, 6.45) is 3.31. The average Bonchev–Trinajstić information content (AvgIpc) is 2.68. The van der Waals surface area contributed by atoms with Crippen LogP contribution in [-0.2, 0) is 11.3 Å². The van der Waals surface area contributed by atoms with E-state index in [1.807, 2.05) is 18.2 Å². The maximum atomic E-state index is 12.4. The standard InChI is InChI=1S/C20H19N5O2/c1-14(26)24-15-5-7-16(8-6-15)25-20(27)19-12-17(9-11-22-19)23-13-18-4-2-3-10-21-18/h2-12H,13H2,1H3,(H,22,23)(H,24,26)(H,25,27). The van der Waals surface area contributed by atoms with Gasteiger partial charge in [0.05, 0.1) is 12.2 Å². The molecule has 0 atom stereocenters. The summed E-state index contributed by atoms with van der Waals surface area (Å²) in [5.74, 6) is -0.463. The highest BCUT2D eigenvalue weighted by molar-refractivity contribution is 6.03. The lowest BCUT2D eigenvalue weighted by Crippen LogP contribution is -2.14. The van der Waals surface area contributed by atoms with Crippen LogP contribution in [0, 0.1) is 0 Å². The van der Waals surface area contributed by atoms with Gasteiger partial charge in [-0.1, -0.05) is 6.07 Å². The van der Waals surface area contributed by atoms with E-state index >= 15 is 0 Å². The summed E-state index contributed by atoms with van der Waals surface area (Å²) in [6.45, 7) is 1.99. The predicted octanol–water partition coefficient (Wildman–Crippen LogP) is 3.30. The Morgan fingerprint density at radius 2 is 1.59 bits per heavy atom. The first-order chi connectivity index (χ1) is 13.1. The number of aromatic nitrogens is 2. The van der Waals surface area contributed by atoms with Crippen LogP contribution in [0.25, 0.3) is 0 Å². The minimum Gasteiger partial charge on any atom is -0.379 e. The summed E-state index contributed by atoms with van der Waals surface area (Å²) in [4.78, 5) is 31.8. The monoisotopic (exact) mass is 361 g/mol. The number of hydrogen-bond acceptors (Lipinski definition) is 5. The highest BCUT2D eigenvalue weighted by Crippen LogP contribution is 2.15. The molecular weight excluding hydrogens is 342 g/mol. The van der Waals surface area contributed by atoms with Crippen LogP contribution >= 0.6 is 0 Å². The first-order valence-corrected chi connectivity index (χ1v) is 8.39. The van der Waals surface area contributed by atoms with Gasteiger partial charge in [-0.3, -0.25) is 19.6 Å². The molecule has 0 aliphatic rings. The van der Waals surface area contributed by atoms with Crippen molar-refractivity contribution in [3.8, 4) is 0 Å². The van der Waals surface area contributed by atoms with Crippen LogP contribution in [0.15, 0.2) is 67.0 Å². The molecule has 0 fully saturated rings. The second-order valence-electron chi connectivity index (χ2n) is 5.82. The van der Waals surface area contributed by atoms with E-state index < -0.39 is 0 Å². The minimum atomic E-state index is -0.316. The summed E-state index contributed by atoms with van der Waals surface area (Å²) in [5.41, 5.74) is 3.26. The van der Waals surface area contributed by atoms with Gasteiger partial charge in [0.1, 0.15) is 5.69 Å². The van der Waals surface area contributed by atoms with Gasteiger partial charge in [0.15, 0.2) is 0 Å². The van der Waals surface area contributed by atoms with Crippen LogP contribution in [0.5, 0.6) is 0 Å². The van der Waals surface area contributed by atoms with Crippen molar-refractivity contribution in [3.05, 3.63) is 78.4 Å². The van der Waals surface area contributed by atoms with Gasteiger partial charge in [-0.25, -0.2) is 0 Å². The molecule has 2 amide bonds. The summed E-state index contributed by atoms with van der Waals surface area (Å²) in [5, 5.41) is 8.68. The summed E-state index contributed by atoms with van der Waals surface area (Å²) in [7, 11) is 0. The van der Waals surface area contributed by atoms with Crippen molar-refractivity contribution in [1.29, 1.82) is 0 Å². The Labute approximate surface area is 156 Å². The van der Waals surface area contributed by atoms with Gasteiger partial charge in [0, 0.05) is 36.4 Å². The van der Waals surface area contributed by atoms with Crippen LogP contribution in [-0.4, -0.2) is 21.8 Å². The van der Waals surface area contributed by atoms with Crippen molar-refractivity contribution in [2.24, 2.45) is 0 Å². The normalized spacial score (nSPS) is 10.1. The van der Waals surface area contributed by atoms with Gasteiger partial charge < -0.3 is 16.0 Å². The lowest BCUT2D eigenvalue weighted by Gasteiger charge is -2.09. The molecule has 7 nitrogen and oxygen atoms in total. The second-order valence-corrected chi connectivity index (χ2v) is 5.82. The number of carbonyl (C=O) groups excluding carboxylic acids is 2. The van der Waals surface area contributed by atoms with E-state index in [1.54, 1.807) is 48.8 Å². The van der Waals surface area contributed by atoms with E-state index in [0.29, 0.717) is 23.6 Å². The molecule has 0 saturated heterocycles. The van der Waals surface area contributed by atoms with Crippen molar-refractivity contribution in [2.75, 3.05) is 16.0 Å². The first-order valence-electron chi connectivity index (χ1n) is 8.39. The molecule has 0 bridgehead atoms. The predicted molar refractivity (Wildman–Crippen MR) is 104 cm³/mol. The Morgan fingerprint density at radius 3 is 2.26 bits per heavy atom. The number of amides is 2. The Morgan fingerprint density at radius 1 is 0.852 bits per heavy atom. The van der Waals surface area contributed by atoms with Crippen molar-refractivity contribution >= 4 is 28.9 Å². The number of anilines is 3. The van der Waals surface area contributed by atoms with E-state index in [9.17, 15) is 9.59 Å². The molecule has 2 heterocycles. The van der Waals surface area contributed by atoms with Crippen molar-refractivity contribution in [1.82, 2.24) is 9.97 Å². The van der Waals surface area contributed by atoms with Gasteiger partial charge in [-0.05, 0) is 48.5 Å². The molecule has 0 aliphatic heterocycles. The Kier molecular flexibility index (Phi) is 5.73. The fraction of sp³-hybridized carbons (Fsp3) is 0.100. The molecule has 7 heteroatoms. The fourth-order valence-corrected chi connectivity index (χ4v) is 2.40. The van der Waals surface area contributed by atoms with E-state index in [0.717, 1.165) is 11.4 Å². The smallest absolute Gasteiger partial charge is 0.274 e.